The van der Waals surface area contributed by atoms with Gasteiger partial charge in [0, 0.05) is 19.1 Å². The second-order valence-corrected chi connectivity index (χ2v) is 3.19. The van der Waals surface area contributed by atoms with Gasteiger partial charge < -0.3 is 14.6 Å². The Kier molecular flexibility index (Phi) is 9.30. The van der Waals surface area contributed by atoms with Crippen molar-refractivity contribution in [3.63, 3.8) is 0 Å². The molecule has 1 N–H and O–H groups in total. The Morgan fingerprint density at radius 2 is 1.88 bits per heavy atom. The van der Waals surface area contributed by atoms with E-state index in [4.69, 9.17) is 14.6 Å². The van der Waals surface area contributed by atoms with E-state index in [1.54, 1.807) is 0 Å². The van der Waals surface area contributed by atoms with E-state index in [-0.39, 0.29) is 13.0 Å². The topological polar surface area (TPSA) is 72.8 Å². The second-order valence-electron chi connectivity index (χ2n) is 3.19. The lowest BCUT2D eigenvalue weighted by Gasteiger charge is -2.04. The predicted octanol–water partition coefficient (Wildman–Crippen LogP) is 1.38. The maximum atomic E-state index is 10.6. The fraction of sp³-hybridized carbons (Fsp3) is 0.636. The Morgan fingerprint density at radius 1 is 1.12 bits per heavy atom. The molecule has 0 bridgehead atoms. The standard InChI is InChI=1S/C11H18O5/c1-2-11(14)16-9-8-15-7-5-3-4-6-10(12)13/h2H,1,3-9H2,(H,12,13). The van der Waals surface area contributed by atoms with E-state index in [1.165, 1.54) is 0 Å². The van der Waals surface area contributed by atoms with Crippen molar-refractivity contribution in [1.29, 1.82) is 0 Å². The van der Waals surface area contributed by atoms with Gasteiger partial charge >= 0.3 is 11.9 Å². The van der Waals surface area contributed by atoms with Crippen LogP contribution in [0.1, 0.15) is 25.7 Å². The third kappa shape index (κ3) is 10.7. The molecule has 0 amide bonds. The van der Waals surface area contributed by atoms with Crippen molar-refractivity contribution in [2.75, 3.05) is 19.8 Å². The van der Waals surface area contributed by atoms with Crippen molar-refractivity contribution in [3.8, 4) is 0 Å². The Hall–Kier alpha value is -1.36. The first-order valence-electron chi connectivity index (χ1n) is 5.25. The third-order valence-electron chi connectivity index (χ3n) is 1.82. The minimum absolute atomic E-state index is 0.205. The van der Waals surface area contributed by atoms with Crippen molar-refractivity contribution >= 4 is 11.9 Å². The van der Waals surface area contributed by atoms with Crippen LogP contribution in [0.25, 0.3) is 0 Å². The first kappa shape index (κ1) is 14.6. The van der Waals surface area contributed by atoms with Gasteiger partial charge in [-0.1, -0.05) is 13.0 Å². The number of carboxylic acid groups (broad SMARTS) is 1. The van der Waals surface area contributed by atoms with E-state index in [9.17, 15) is 9.59 Å². The SMILES string of the molecule is C=CC(=O)OCCOCCCCCC(=O)O. The molecule has 0 aliphatic rings. The zero-order valence-corrected chi connectivity index (χ0v) is 9.31. The molecule has 0 rings (SSSR count). The van der Waals surface area contributed by atoms with Crippen LogP contribution < -0.4 is 0 Å². The van der Waals surface area contributed by atoms with Gasteiger partial charge in [0.1, 0.15) is 6.61 Å². The highest BCUT2D eigenvalue weighted by molar-refractivity contribution is 5.81. The Morgan fingerprint density at radius 3 is 2.50 bits per heavy atom. The molecule has 16 heavy (non-hydrogen) atoms. The van der Waals surface area contributed by atoms with E-state index in [0.29, 0.717) is 19.6 Å². The summed E-state index contributed by atoms with van der Waals surface area (Å²) in [6.45, 7) is 4.40. The largest absolute Gasteiger partial charge is 0.481 e. The van der Waals surface area contributed by atoms with Gasteiger partial charge in [-0.25, -0.2) is 4.79 Å². The van der Waals surface area contributed by atoms with Gasteiger partial charge in [-0.2, -0.15) is 0 Å². The average Bonchev–Trinajstić information content (AvgIpc) is 2.26. The van der Waals surface area contributed by atoms with Crippen molar-refractivity contribution in [1.82, 2.24) is 0 Å². The molecule has 0 saturated heterocycles. The van der Waals surface area contributed by atoms with Crippen LogP contribution in [0.5, 0.6) is 0 Å². The highest BCUT2D eigenvalue weighted by Crippen LogP contribution is 1.99. The molecule has 0 spiro atoms. The third-order valence-corrected chi connectivity index (χ3v) is 1.82. The lowest BCUT2D eigenvalue weighted by molar-refractivity contribution is -0.139. The molecular weight excluding hydrogens is 212 g/mol. The smallest absolute Gasteiger partial charge is 0.330 e. The highest BCUT2D eigenvalue weighted by Gasteiger charge is 1.97. The van der Waals surface area contributed by atoms with Gasteiger partial charge in [-0.05, 0) is 12.8 Å². The summed E-state index contributed by atoms with van der Waals surface area (Å²) in [7, 11) is 0. The molecule has 0 atom stereocenters. The number of carboxylic acids is 1. The summed E-state index contributed by atoms with van der Waals surface area (Å²) < 4.78 is 9.87. The Bertz CT molecular complexity index is 224. The zero-order valence-electron chi connectivity index (χ0n) is 9.31. The van der Waals surface area contributed by atoms with Gasteiger partial charge in [0.05, 0.1) is 6.61 Å². The van der Waals surface area contributed by atoms with Crippen LogP contribution >= 0.6 is 0 Å². The minimum atomic E-state index is -0.766. The summed E-state index contributed by atoms with van der Waals surface area (Å²) in [5.74, 6) is -1.22. The molecule has 0 aromatic rings. The number of hydrogen-bond donors (Lipinski definition) is 1. The first-order chi connectivity index (χ1) is 7.66. The zero-order chi connectivity index (χ0) is 12.2. The number of ether oxygens (including phenoxy) is 2. The van der Waals surface area contributed by atoms with E-state index in [0.717, 1.165) is 18.9 Å². The molecule has 0 aliphatic carbocycles. The van der Waals surface area contributed by atoms with Gasteiger partial charge in [-0.15, -0.1) is 0 Å². The number of hydrogen-bond acceptors (Lipinski definition) is 4. The van der Waals surface area contributed by atoms with E-state index >= 15 is 0 Å². The average molecular weight is 230 g/mol. The highest BCUT2D eigenvalue weighted by atomic mass is 16.6. The number of carbonyl (C=O) groups is 2. The molecule has 0 heterocycles. The number of rotatable bonds is 10. The van der Waals surface area contributed by atoms with Gasteiger partial charge in [0.2, 0.25) is 0 Å². The Labute approximate surface area is 95.0 Å². The van der Waals surface area contributed by atoms with Crippen LogP contribution in [0.15, 0.2) is 12.7 Å². The van der Waals surface area contributed by atoms with Crippen LogP contribution in [-0.2, 0) is 19.1 Å². The van der Waals surface area contributed by atoms with Crippen LogP contribution in [0.3, 0.4) is 0 Å². The Balaban J connectivity index is 3.07. The number of carbonyl (C=O) groups excluding carboxylic acids is 1. The van der Waals surface area contributed by atoms with Gasteiger partial charge in [-0.3, -0.25) is 4.79 Å². The fourth-order valence-corrected chi connectivity index (χ4v) is 1.02. The summed E-state index contributed by atoms with van der Waals surface area (Å²) in [4.78, 5) is 20.8. The number of unbranched alkanes of at least 4 members (excludes halogenated alkanes) is 2. The lowest BCUT2D eigenvalue weighted by Crippen LogP contribution is -2.08. The quantitative estimate of drug-likeness (QED) is 0.348. The molecule has 5 nitrogen and oxygen atoms in total. The van der Waals surface area contributed by atoms with Crippen LogP contribution in [0.2, 0.25) is 0 Å². The summed E-state index contributed by atoms with van der Waals surface area (Å²) in [5.41, 5.74) is 0. The van der Waals surface area contributed by atoms with E-state index in [2.05, 4.69) is 6.58 Å². The molecular formula is C11H18O5. The maximum Gasteiger partial charge on any atom is 0.330 e. The minimum Gasteiger partial charge on any atom is -0.481 e. The second kappa shape index (κ2) is 10.2. The molecule has 0 fully saturated rings. The van der Waals surface area contributed by atoms with Gasteiger partial charge in [0.15, 0.2) is 0 Å². The molecule has 0 radical (unpaired) electrons. The van der Waals surface area contributed by atoms with Crippen molar-refractivity contribution in [2.24, 2.45) is 0 Å². The van der Waals surface area contributed by atoms with Crippen LogP contribution in [0, 0.1) is 0 Å². The van der Waals surface area contributed by atoms with Gasteiger partial charge in [0.25, 0.3) is 0 Å². The summed E-state index contributed by atoms with van der Waals surface area (Å²) in [6.07, 6.45) is 3.63. The van der Waals surface area contributed by atoms with Crippen molar-refractivity contribution in [3.05, 3.63) is 12.7 Å². The molecule has 92 valence electrons. The van der Waals surface area contributed by atoms with E-state index < -0.39 is 11.9 Å². The lowest BCUT2D eigenvalue weighted by atomic mass is 10.2. The number of esters is 1. The van der Waals surface area contributed by atoms with Crippen molar-refractivity contribution in [2.45, 2.75) is 25.7 Å². The monoisotopic (exact) mass is 230 g/mol. The summed E-state index contributed by atoms with van der Waals surface area (Å²) >= 11 is 0. The van der Waals surface area contributed by atoms with E-state index in [1.807, 2.05) is 0 Å². The first-order valence-corrected chi connectivity index (χ1v) is 5.25. The van der Waals surface area contributed by atoms with Crippen LogP contribution in [-0.4, -0.2) is 36.9 Å². The van der Waals surface area contributed by atoms with Crippen molar-refractivity contribution < 1.29 is 24.2 Å². The summed E-state index contributed by atoms with van der Waals surface area (Å²) in [6, 6.07) is 0. The molecule has 5 heteroatoms. The molecule has 0 aromatic carbocycles. The maximum absolute atomic E-state index is 10.6. The normalized spacial score (nSPS) is 9.75. The molecule has 0 unspecified atom stereocenters. The summed E-state index contributed by atoms with van der Waals surface area (Å²) in [5, 5.41) is 8.37. The fourth-order valence-electron chi connectivity index (χ4n) is 1.02. The predicted molar refractivity (Wildman–Crippen MR) is 58.1 cm³/mol. The molecule has 0 aliphatic heterocycles. The number of aliphatic carboxylic acids is 1. The van der Waals surface area contributed by atoms with Crippen LogP contribution in [0.4, 0.5) is 0 Å². The molecule has 0 saturated carbocycles. The molecule has 0 aromatic heterocycles.